The first kappa shape index (κ1) is 18.4. The quantitative estimate of drug-likeness (QED) is 0.713. The zero-order valence-electron chi connectivity index (χ0n) is 14.6. The highest BCUT2D eigenvalue weighted by molar-refractivity contribution is 6.02. The Morgan fingerprint density at radius 2 is 2.04 bits per heavy atom. The second-order valence-corrected chi connectivity index (χ2v) is 6.44. The first-order chi connectivity index (χ1) is 12.3. The van der Waals surface area contributed by atoms with E-state index in [2.05, 4.69) is 34.7 Å². The van der Waals surface area contributed by atoms with E-state index < -0.39 is 0 Å². The van der Waals surface area contributed by atoms with Gasteiger partial charge >= 0.3 is 5.97 Å². The van der Waals surface area contributed by atoms with E-state index in [1.165, 1.54) is 25.5 Å². The van der Waals surface area contributed by atoms with Gasteiger partial charge in [-0.15, -0.1) is 12.4 Å². The smallest absolute Gasteiger partial charge is 0.340 e. The summed E-state index contributed by atoms with van der Waals surface area (Å²) in [5.41, 5.74) is 3.50. The van der Waals surface area contributed by atoms with Gasteiger partial charge in [0.25, 0.3) is 0 Å². The van der Waals surface area contributed by atoms with Crippen LogP contribution in [0.5, 0.6) is 0 Å². The number of benzene rings is 2. The molecule has 0 spiro atoms. The predicted octanol–water partition coefficient (Wildman–Crippen LogP) is 3.70. The molecule has 0 aliphatic carbocycles. The van der Waals surface area contributed by atoms with Crippen LogP contribution in [0.1, 0.15) is 34.7 Å². The molecule has 1 N–H and O–H groups in total. The molecule has 3 aromatic rings. The Morgan fingerprint density at radius 1 is 1.23 bits per heavy atom. The summed E-state index contributed by atoms with van der Waals surface area (Å²) in [5.74, 6) is 0.224. The van der Waals surface area contributed by atoms with Gasteiger partial charge in [0.2, 0.25) is 0 Å². The lowest BCUT2D eigenvalue weighted by atomic mass is 9.92. The van der Waals surface area contributed by atoms with Gasteiger partial charge < -0.3 is 10.1 Å². The monoisotopic (exact) mass is 371 g/mol. The minimum absolute atomic E-state index is 0. The molecule has 6 heteroatoms. The zero-order chi connectivity index (χ0) is 17.2. The van der Waals surface area contributed by atoms with Crippen LogP contribution in [0.15, 0.2) is 48.7 Å². The first-order valence-corrected chi connectivity index (χ1v) is 8.64. The maximum atomic E-state index is 11.9. The number of aromatic nitrogens is 2. The lowest BCUT2D eigenvalue weighted by Gasteiger charge is -2.23. The number of hydrogen-bond donors (Lipinski definition) is 1. The molecule has 1 atom stereocenters. The van der Waals surface area contributed by atoms with Crippen LogP contribution in [0, 0.1) is 0 Å². The average molecular weight is 372 g/mol. The standard InChI is InChI=1S/C20H21N3O2.ClH/c1-25-20(24)18-6-2-4-16-13-23(22-19(16)18)17-9-7-14(8-10-17)15-5-3-11-21-12-15;/h2,4,6-10,13,15,21H,3,5,11-12H2,1H3;1H/t15-;/m1./s1. The van der Waals surface area contributed by atoms with Crippen molar-refractivity contribution in [3.63, 3.8) is 0 Å². The third-order valence-corrected chi connectivity index (χ3v) is 4.87. The van der Waals surface area contributed by atoms with Crippen LogP contribution < -0.4 is 5.32 Å². The molecule has 0 radical (unpaired) electrons. The number of esters is 1. The number of rotatable bonds is 3. The number of nitrogens with one attached hydrogen (secondary N) is 1. The third kappa shape index (κ3) is 3.45. The number of hydrogen-bond acceptors (Lipinski definition) is 4. The van der Waals surface area contributed by atoms with Crippen molar-refractivity contribution < 1.29 is 9.53 Å². The highest BCUT2D eigenvalue weighted by Gasteiger charge is 2.16. The Balaban J connectivity index is 0.00000196. The number of methoxy groups -OCH3 is 1. The van der Waals surface area contributed by atoms with Crippen LogP contribution in [-0.4, -0.2) is 35.9 Å². The Morgan fingerprint density at radius 3 is 2.73 bits per heavy atom. The number of ether oxygens (including phenoxy) is 1. The van der Waals surface area contributed by atoms with E-state index in [9.17, 15) is 4.79 Å². The molecule has 2 aromatic carbocycles. The summed E-state index contributed by atoms with van der Waals surface area (Å²) < 4.78 is 6.67. The van der Waals surface area contributed by atoms with Crippen LogP contribution in [0.4, 0.5) is 0 Å². The fourth-order valence-electron chi connectivity index (χ4n) is 3.49. The Bertz CT molecular complexity index is 899. The highest BCUT2D eigenvalue weighted by Crippen LogP contribution is 2.25. The fraction of sp³-hybridized carbons (Fsp3) is 0.300. The second-order valence-electron chi connectivity index (χ2n) is 6.44. The topological polar surface area (TPSA) is 56.1 Å². The Labute approximate surface area is 158 Å². The summed E-state index contributed by atoms with van der Waals surface area (Å²) in [7, 11) is 1.39. The third-order valence-electron chi connectivity index (χ3n) is 4.87. The van der Waals surface area contributed by atoms with Crippen LogP contribution in [-0.2, 0) is 4.74 Å². The first-order valence-electron chi connectivity index (χ1n) is 8.64. The molecule has 1 aromatic heterocycles. The summed E-state index contributed by atoms with van der Waals surface area (Å²) in [6.45, 7) is 2.17. The number of carbonyl (C=O) groups is 1. The van der Waals surface area contributed by atoms with Gasteiger partial charge in [-0.25, -0.2) is 9.48 Å². The van der Waals surface area contributed by atoms with Crippen LogP contribution in [0.3, 0.4) is 0 Å². The Kier molecular flexibility index (Phi) is 5.59. The van der Waals surface area contributed by atoms with Gasteiger partial charge in [-0.3, -0.25) is 0 Å². The molecule has 0 bridgehead atoms. The summed E-state index contributed by atoms with van der Waals surface area (Å²) in [6, 6.07) is 14.1. The van der Waals surface area contributed by atoms with Crippen molar-refractivity contribution in [3.8, 4) is 5.69 Å². The molecule has 5 nitrogen and oxygen atoms in total. The summed E-state index contributed by atoms with van der Waals surface area (Å²) in [5, 5.41) is 8.98. The van der Waals surface area contributed by atoms with E-state index in [-0.39, 0.29) is 18.4 Å². The molecule has 1 aliphatic heterocycles. The molecule has 26 heavy (non-hydrogen) atoms. The minimum atomic E-state index is -0.365. The number of carbonyl (C=O) groups excluding carboxylic acids is 1. The average Bonchev–Trinajstić information content (AvgIpc) is 3.12. The van der Waals surface area contributed by atoms with Crippen molar-refractivity contribution in [2.45, 2.75) is 18.8 Å². The number of nitrogens with zero attached hydrogens (tertiary/aromatic N) is 2. The normalized spacial score (nSPS) is 16.9. The van der Waals surface area contributed by atoms with E-state index >= 15 is 0 Å². The van der Waals surface area contributed by atoms with Crippen LogP contribution in [0.25, 0.3) is 16.6 Å². The maximum Gasteiger partial charge on any atom is 0.340 e. The van der Waals surface area contributed by atoms with Gasteiger partial charge in [-0.05, 0) is 49.1 Å². The molecule has 0 amide bonds. The van der Waals surface area contributed by atoms with Gasteiger partial charge in [0, 0.05) is 18.1 Å². The molecule has 1 aliphatic rings. The molecule has 1 fully saturated rings. The van der Waals surface area contributed by atoms with Crippen molar-refractivity contribution in [1.82, 2.24) is 15.1 Å². The lowest BCUT2D eigenvalue weighted by molar-refractivity contribution is 0.0602. The van der Waals surface area contributed by atoms with Crippen molar-refractivity contribution in [2.75, 3.05) is 20.2 Å². The second kappa shape index (κ2) is 7.89. The fourth-order valence-corrected chi connectivity index (χ4v) is 3.49. The van der Waals surface area contributed by atoms with Gasteiger partial charge in [0.15, 0.2) is 0 Å². The highest BCUT2D eigenvalue weighted by atomic mass is 35.5. The van der Waals surface area contributed by atoms with Gasteiger partial charge in [0.05, 0.1) is 18.4 Å². The summed E-state index contributed by atoms with van der Waals surface area (Å²) >= 11 is 0. The van der Waals surface area contributed by atoms with Gasteiger partial charge in [-0.1, -0.05) is 24.3 Å². The molecule has 4 rings (SSSR count). The van der Waals surface area contributed by atoms with E-state index in [1.807, 2.05) is 23.0 Å². The van der Waals surface area contributed by atoms with Crippen molar-refractivity contribution >= 4 is 29.3 Å². The number of halogens is 1. The van der Waals surface area contributed by atoms with Crippen molar-refractivity contribution in [1.29, 1.82) is 0 Å². The van der Waals surface area contributed by atoms with Gasteiger partial charge in [0.1, 0.15) is 5.52 Å². The van der Waals surface area contributed by atoms with E-state index in [1.54, 1.807) is 6.07 Å². The summed E-state index contributed by atoms with van der Waals surface area (Å²) in [4.78, 5) is 11.9. The molecular weight excluding hydrogens is 350 g/mol. The Hall–Kier alpha value is -2.37. The predicted molar refractivity (Wildman–Crippen MR) is 105 cm³/mol. The number of piperidine rings is 1. The molecule has 0 saturated carbocycles. The van der Waals surface area contributed by atoms with Crippen LogP contribution >= 0.6 is 12.4 Å². The van der Waals surface area contributed by atoms with Gasteiger partial charge in [-0.2, -0.15) is 5.10 Å². The molecule has 2 heterocycles. The molecule has 1 saturated heterocycles. The zero-order valence-corrected chi connectivity index (χ0v) is 15.5. The molecule has 136 valence electrons. The van der Waals surface area contributed by atoms with Crippen molar-refractivity contribution in [3.05, 3.63) is 59.8 Å². The maximum absolute atomic E-state index is 11.9. The largest absolute Gasteiger partial charge is 0.465 e. The van der Waals surface area contributed by atoms with Crippen molar-refractivity contribution in [2.24, 2.45) is 0 Å². The SMILES string of the molecule is COC(=O)c1cccc2cn(-c3ccc([C@@H]4CCCNC4)cc3)nc12.Cl. The van der Waals surface area contributed by atoms with E-state index in [0.717, 1.165) is 24.2 Å². The lowest BCUT2D eigenvalue weighted by Crippen LogP contribution is -2.28. The minimum Gasteiger partial charge on any atom is -0.465 e. The molecular formula is C20H22ClN3O2. The number of fused-ring (bicyclic) bond motifs is 1. The van der Waals surface area contributed by atoms with E-state index in [4.69, 9.17) is 4.74 Å². The molecule has 0 unspecified atom stereocenters. The van der Waals surface area contributed by atoms with E-state index in [0.29, 0.717) is 17.0 Å². The summed E-state index contributed by atoms with van der Waals surface area (Å²) in [6.07, 6.45) is 4.41. The van der Waals surface area contributed by atoms with Crippen LogP contribution in [0.2, 0.25) is 0 Å².